The van der Waals surface area contributed by atoms with Crippen LogP contribution in [0.3, 0.4) is 0 Å². The summed E-state index contributed by atoms with van der Waals surface area (Å²) in [6.45, 7) is 1.88. The lowest BCUT2D eigenvalue weighted by Crippen LogP contribution is -2.10. The summed E-state index contributed by atoms with van der Waals surface area (Å²) >= 11 is 0. The van der Waals surface area contributed by atoms with Crippen molar-refractivity contribution in [3.8, 4) is 30.4 Å². The number of unbranched alkanes of at least 4 members (excludes halogenated alkanes) is 5. The van der Waals surface area contributed by atoms with Crippen LogP contribution in [0.2, 0.25) is 0 Å². The molecule has 0 aliphatic rings. The van der Waals surface area contributed by atoms with E-state index in [1.54, 1.807) is 0 Å². The molecule has 0 radical (unpaired) electrons. The van der Waals surface area contributed by atoms with E-state index in [1.807, 2.05) is 24.3 Å². The fourth-order valence-electron chi connectivity index (χ4n) is 2.52. The van der Waals surface area contributed by atoms with Crippen molar-refractivity contribution in [2.75, 3.05) is 26.4 Å². The van der Waals surface area contributed by atoms with Crippen molar-refractivity contribution >= 4 is 0 Å². The minimum absolute atomic E-state index is 0.295. The molecule has 0 spiro atoms. The van der Waals surface area contributed by atoms with Crippen molar-refractivity contribution in [2.45, 2.75) is 57.7 Å². The normalized spacial score (nSPS) is 10.5. The quantitative estimate of drug-likeness (QED) is 0.264. The van der Waals surface area contributed by atoms with Gasteiger partial charge in [-0.2, -0.15) is 0 Å². The number of rotatable bonds is 16. The third-order valence-electron chi connectivity index (χ3n) is 4.00. The third kappa shape index (κ3) is 11.4. The number of terminal acetylenes is 2. The maximum atomic E-state index is 8.74. The number of ether oxygens (including phenoxy) is 3. The molecular weight excluding hydrogens is 340 g/mol. The number of hydrogen-bond acceptors (Lipinski definition) is 4. The standard InChI is InChI=1S/C23H32O4/c1-3-5-18-26-23(27-19-6-4-2)21-13-15-22(16-14-21)25-20-12-10-8-7-9-11-17-24/h1-2,13-16,23-24H,5-12,17-20H2. The molecule has 0 aliphatic heterocycles. The van der Waals surface area contributed by atoms with Crippen LogP contribution in [0.15, 0.2) is 24.3 Å². The van der Waals surface area contributed by atoms with E-state index in [1.165, 1.54) is 12.8 Å². The van der Waals surface area contributed by atoms with E-state index in [4.69, 9.17) is 32.2 Å². The van der Waals surface area contributed by atoms with E-state index in [2.05, 4.69) is 11.8 Å². The van der Waals surface area contributed by atoms with Crippen molar-refractivity contribution in [3.63, 3.8) is 0 Å². The lowest BCUT2D eigenvalue weighted by atomic mass is 10.1. The maximum Gasteiger partial charge on any atom is 0.183 e. The van der Waals surface area contributed by atoms with Gasteiger partial charge in [0.2, 0.25) is 0 Å². The first-order chi connectivity index (χ1) is 13.3. The highest BCUT2D eigenvalue weighted by Gasteiger charge is 2.12. The fraction of sp³-hybridized carbons (Fsp3) is 0.565. The summed E-state index contributed by atoms with van der Waals surface area (Å²) in [4.78, 5) is 0. The molecule has 4 heteroatoms. The molecule has 1 N–H and O–H groups in total. The molecule has 0 saturated carbocycles. The first-order valence-corrected chi connectivity index (χ1v) is 9.75. The van der Waals surface area contributed by atoms with Gasteiger partial charge < -0.3 is 19.3 Å². The van der Waals surface area contributed by atoms with Crippen LogP contribution < -0.4 is 4.74 Å². The maximum absolute atomic E-state index is 8.74. The van der Waals surface area contributed by atoms with Gasteiger partial charge in [0.25, 0.3) is 0 Å². The van der Waals surface area contributed by atoms with E-state index in [-0.39, 0.29) is 0 Å². The molecule has 0 aromatic heterocycles. The van der Waals surface area contributed by atoms with Gasteiger partial charge in [0.1, 0.15) is 5.75 Å². The van der Waals surface area contributed by atoms with Crippen LogP contribution in [0.1, 0.15) is 63.2 Å². The summed E-state index contributed by atoms with van der Waals surface area (Å²) in [5.74, 6) is 5.95. The zero-order valence-corrected chi connectivity index (χ0v) is 16.2. The Morgan fingerprint density at radius 1 is 0.778 bits per heavy atom. The first-order valence-electron chi connectivity index (χ1n) is 9.75. The summed E-state index contributed by atoms with van der Waals surface area (Å²) in [7, 11) is 0. The highest BCUT2D eigenvalue weighted by atomic mass is 16.7. The Hall–Kier alpha value is -1.98. The molecule has 0 saturated heterocycles. The van der Waals surface area contributed by atoms with Crippen molar-refractivity contribution in [1.29, 1.82) is 0 Å². The Kier molecular flexibility index (Phi) is 13.8. The Labute approximate surface area is 164 Å². The van der Waals surface area contributed by atoms with Crippen LogP contribution in [0.25, 0.3) is 0 Å². The summed E-state index contributed by atoms with van der Waals surface area (Å²) in [6, 6.07) is 7.75. The Morgan fingerprint density at radius 2 is 1.33 bits per heavy atom. The highest BCUT2D eigenvalue weighted by Crippen LogP contribution is 2.22. The highest BCUT2D eigenvalue weighted by molar-refractivity contribution is 5.28. The molecule has 0 atom stereocenters. The Morgan fingerprint density at radius 3 is 1.89 bits per heavy atom. The largest absolute Gasteiger partial charge is 0.494 e. The molecule has 0 unspecified atom stereocenters. The molecule has 1 aromatic carbocycles. The van der Waals surface area contributed by atoms with Crippen LogP contribution in [-0.4, -0.2) is 31.5 Å². The van der Waals surface area contributed by atoms with Gasteiger partial charge in [-0.25, -0.2) is 0 Å². The lowest BCUT2D eigenvalue weighted by Gasteiger charge is -2.18. The zero-order valence-electron chi connectivity index (χ0n) is 16.2. The van der Waals surface area contributed by atoms with Crippen molar-refractivity contribution in [2.24, 2.45) is 0 Å². The second-order valence-electron chi connectivity index (χ2n) is 6.24. The predicted octanol–water partition coefficient (Wildman–Crippen LogP) is 4.48. The minimum atomic E-state index is -0.473. The van der Waals surface area contributed by atoms with E-state index in [0.29, 0.717) is 39.3 Å². The van der Waals surface area contributed by atoms with E-state index in [9.17, 15) is 0 Å². The number of hydrogen-bond donors (Lipinski definition) is 1. The molecule has 27 heavy (non-hydrogen) atoms. The minimum Gasteiger partial charge on any atom is -0.494 e. The van der Waals surface area contributed by atoms with Gasteiger partial charge in [-0.1, -0.05) is 37.8 Å². The number of aliphatic hydroxyl groups is 1. The smallest absolute Gasteiger partial charge is 0.183 e. The molecule has 1 aromatic rings. The number of benzene rings is 1. The van der Waals surface area contributed by atoms with Crippen LogP contribution in [-0.2, 0) is 9.47 Å². The molecular formula is C23H32O4. The molecule has 4 nitrogen and oxygen atoms in total. The van der Waals surface area contributed by atoms with Crippen LogP contribution in [0.4, 0.5) is 0 Å². The summed E-state index contributed by atoms with van der Waals surface area (Å²) in [5.41, 5.74) is 0.917. The van der Waals surface area contributed by atoms with Gasteiger partial charge >= 0.3 is 0 Å². The summed E-state index contributed by atoms with van der Waals surface area (Å²) in [5, 5.41) is 8.74. The zero-order chi connectivity index (χ0) is 19.6. The van der Waals surface area contributed by atoms with Gasteiger partial charge in [-0.05, 0) is 25.0 Å². The second-order valence-corrected chi connectivity index (χ2v) is 6.24. The van der Waals surface area contributed by atoms with Gasteiger partial charge in [0.15, 0.2) is 6.29 Å². The molecule has 148 valence electrons. The molecule has 0 heterocycles. The van der Waals surface area contributed by atoms with Gasteiger partial charge in [0, 0.05) is 25.0 Å². The molecule has 0 fully saturated rings. The topological polar surface area (TPSA) is 47.9 Å². The molecule has 0 bridgehead atoms. The number of aliphatic hydroxyl groups excluding tert-OH is 1. The average molecular weight is 373 g/mol. The average Bonchev–Trinajstić information content (AvgIpc) is 2.69. The van der Waals surface area contributed by atoms with Gasteiger partial charge in [-0.15, -0.1) is 24.7 Å². The SMILES string of the molecule is C#CCCOC(OCCC#C)c1ccc(OCCCCCCCCO)cc1. The molecule has 0 aliphatic carbocycles. The van der Waals surface area contributed by atoms with Crippen molar-refractivity contribution < 1.29 is 19.3 Å². The summed E-state index contributed by atoms with van der Waals surface area (Å²) < 4.78 is 17.2. The van der Waals surface area contributed by atoms with Gasteiger partial charge in [-0.3, -0.25) is 0 Å². The van der Waals surface area contributed by atoms with E-state index < -0.39 is 6.29 Å². The second kappa shape index (κ2) is 16.2. The lowest BCUT2D eigenvalue weighted by molar-refractivity contribution is -0.144. The van der Waals surface area contributed by atoms with Crippen LogP contribution in [0, 0.1) is 24.7 Å². The third-order valence-corrected chi connectivity index (χ3v) is 4.00. The van der Waals surface area contributed by atoms with Crippen LogP contribution >= 0.6 is 0 Å². The van der Waals surface area contributed by atoms with Crippen molar-refractivity contribution in [3.05, 3.63) is 29.8 Å². The summed E-state index contributed by atoms with van der Waals surface area (Å²) in [6.07, 6.45) is 17.7. The van der Waals surface area contributed by atoms with Crippen molar-refractivity contribution in [1.82, 2.24) is 0 Å². The molecule has 0 amide bonds. The predicted molar refractivity (Wildman–Crippen MR) is 108 cm³/mol. The van der Waals surface area contributed by atoms with Crippen LogP contribution in [0.5, 0.6) is 5.75 Å². The van der Waals surface area contributed by atoms with Gasteiger partial charge in [0.05, 0.1) is 19.8 Å². The Bertz CT molecular complexity index is 533. The monoisotopic (exact) mass is 372 g/mol. The van der Waals surface area contributed by atoms with E-state index >= 15 is 0 Å². The first kappa shape index (κ1) is 23.1. The Balaban J connectivity index is 2.35. The van der Waals surface area contributed by atoms with E-state index in [0.717, 1.165) is 37.0 Å². The molecule has 1 rings (SSSR count). The fourth-order valence-corrected chi connectivity index (χ4v) is 2.52.